The molecular weight excluding hydrogens is 286 g/mol. The van der Waals surface area contributed by atoms with Crippen LogP contribution >= 0.6 is 0 Å². The summed E-state index contributed by atoms with van der Waals surface area (Å²) < 4.78 is 27.7. The number of hydrogen-bond donors (Lipinski definition) is 2. The van der Waals surface area contributed by atoms with E-state index in [0.29, 0.717) is 5.82 Å². The Balaban J connectivity index is 2.09. The largest absolute Gasteiger partial charge is 0.370 e. The molecule has 0 bridgehead atoms. The smallest absolute Gasteiger partial charge is 0.242 e. The third kappa shape index (κ3) is 3.95. The molecule has 1 aromatic heterocycles. The first-order valence-corrected chi connectivity index (χ1v) is 9.06. The number of nitrogens with one attached hydrogen (secondary N) is 2. The predicted molar refractivity (Wildman–Crippen MR) is 84.8 cm³/mol. The minimum atomic E-state index is -3.49. The van der Waals surface area contributed by atoms with E-state index in [-0.39, 0.29) is 16.4 Å². The highest BCUT2D eigenvalue weighted by Gasteiger charge is 2.37. The maximum atomic E-state index is 12.4. The molecule has 0 amide bonds. The molecule has 6 heteroatoms. The molecule has 0 spiro atoms. The topological polar surface area (TPSA) is 71.1 Å². The Bertz CT molecular complexity index is 567. The summed E-state index contributed by atoms with van der Waals surface area (Å²) in [5.74, 6) is 0.706. The third-order valence-electron chi connectivity index (χ3n) is 4.16. The monoisotopic (exact) mass is 311 g/mol. The van der Waals surface area contributed by atoms with Crippen molar-refractivity contribution >= 4 is 15.8 Å². The molecule has 2 rings (SSSR count). The zero-order chi connectivity index (χ0) is 15.5. The van der Waals surface area contributed by atoms with Gasteiger partial charge < -0.3 is 5.32 Å². The van der Waals surface area contributed by atoms with Crippen molar-refractivity contribution in [1.82, 2.24) is 9.71 Å². The van der Waals surface area contributed by atoms with Gasteiger partial charge in [-0.25, -0.2) is 18.1 Å². The Morgan fingerprint density at radius 2 is 2.14 bits per heavy atom. The van der Waals surface area contributed by atoms with E-state index < -0.39 is 10.0 Å². The fourth-order valence-electron chi connectivity index (χ4n) is 2.70. The SMILES string of the molecule is CCCNc1ccc(S(=O)(=O)NC2CCCC2(C)C)cn1. The minimum absolute atomic E-state index is 0.000364. The van der Waals surface area contributed by atoms with E-state index in [1.54, 1.807) is 12.1 Å². The van der Waals surface area contributed by atoms with Crippen molar-refractivity contribution in [3.05, 3.63) is 18.3 Å². The van der Waals surface area contributed by atoms with Crippen LogP contribution in [0.15, 0.2) is 23.2 Å². The van der Waals surface area contributed by atoms with E-state index in [1.807, 2.05) is 0 Å². The lowest BCUT2D eigenvalue weighted by atomic mass is 9.88. The Hall–Kier alpha value is -1.14. The Morgan fingerprint density at radius 3 is 2.67 bits per heavy atom. The summed E-state index contributed by atoms with van der Waals surface area (Å²) in [5, 5.41) is 3.13. The highest BCUT2D eigenvalue weighted by atomic mass is 32.2. The minimum Gasteiger partial charge on any atom is -0.370 e. The normalized spacial score (nSPS) is 21.4. The summed E-state index contributed by atoms with van der Waals surface area (Å²) in [5.41, 5.74) is 0.0170. The van der Waals surface area contributed by atoms with Crippen LogP contribution < -0.4 is 10.0 Å². The van der Waals surface area contributed by atoms with Crippen LogP contribution in [-0.4, -0.2) is 26.0 Å². The average Bonchev–Trinajstić information content (AvgIpc) is 2.75. The molecule has 21 heavy (non-hydrogen) atoms. The molecule has 1 heterocycles. The van der Waals surface area contributed by atoms with Crippen LogP contribution in [0.5, 0.6) is 0 Å². The summed E-state index contributed by atoms with van der Waals surface area (Å²) in [4.78, 5) is 4.39. The van der Waals surface area contributed by atoms with Gasteiger partial charge in [-0.15, -0.1) is 0 Å². The standard InChI is InChI=1S/C15H25N3O2S/c1-4-10-16-14-8-7-12(11-17-14)21(19,20)18-13-6-5-9-15(13,2)3/h7-8,11,13,18H,4-6,9-10H2,1-3H3,(H,16,17). The number of rotatable bonds is 6. The number of sulfonamides is 1. The number of aromatic nitrogens is 1. The van der Waals surface area contributed by atoms with Crippen LogP contribution in [-0.2, 0) is 10.0 Å². The first-order chi connectivity index (χ1) is 9.85. The van der Waals surface area contributed by atoms with E-state index in [9.17, 15) is 8.42 Å². The molecule has 1 aromatic rings. The lowest BCUT2D eigenvalue weighted by molar-refractivity contribution is 0.313. The molecule has 1 fully saturated rings. The number of pyridine rings is 1. The molecule has 1 aliphatic rings. The van der Waals surface area contributed by atoms with Crippen molar-refractivity contribution in [1.29, 1.82) is 0 Å². The second-order valence-electron chi connectivity index (χ2n) is 6.36. The molecule has 0 aliphatic heterocycles. The first kappa shape index (κ1) is 16.2. The van der Waals surface area contributed by atoms with Gasteiger partial charge in [0.05, 0.1) is 0 Å². The van der Waals surface area contributed by atoms with E-state index in [1.165, 1.54) is 6.20 Å². The van der Waals surface area contributed by atoms with E-state index in [2.05, 4.69) is 35.8 Å². The highest BCUT2D eigenvalue weighted by molar-refractivity contribution is 7.89. The zero-order valence-electron chi connectivity index (χ0n) is 13.0. The van der Waals surface area contributed by atoms with Crippen LogP contribution in [0.2, 0.25) is 0 Å². The van der Waals surface area contributed by atoms with Gasteiger partial charge in [0.15, 0.2) is 0 Å². The zero-order valence-corrected chi connectivity index (χ0v) is 13.8. The van der Waals surface area contributed by atoms with Gasteiger partial charge in [0, 0.05) is 18.8 Å². The van der Waals surface area contributed by atoms with Gasteiger partial charge in [0.2, 0.25) is 10.0 Å². The number of hydrogen-bond acceptors (Lipinski definition) is 4. The Kier molecular flexibility index (Phi) is 4.88. The van der Waals surface area contributed by atoms with Crippen molar-refractivity contribution in [3.8, 4) is 0 Å². The lowest BCUT2D eigenvalue weighted by Gasteiger charge is -2.27. The fraction of sp³-hybridized carbons (Fsp3) is 0.667. The molecular formula is C15H25N3O2S. The van der Waals surface area contributed by atoms with Gasteiger partial charge in [-0.3, -0.25) is 0 Å². The van der Waals surface area contributed by atoms with Gasteiger partial charge in [-0.05, 0) is 36.8 Å². The molecule has 5 nitrogen and oxygen atoms in total. The van der Waals surface area contributed by atoms with Gasteiger partial charge in [0.1, 0.15) is 10.7 Å². The van der Waals surface area contributed by atoms with Crippen LogP contribution in [0.1, 0.15) is 46.5 Å². The van der Waals surface area contributed by atoms with E-state index in [4.69, 9.17) is 0 Å². The Morgan fingerprint density at radius 1 is 1.38 bits per heavy atom. The third-order valence-corrected chi connectivity index (χ3v) is 5.61. The molecule has 1 aliphatic carbocycles. The fourth-order valence-corrected chi connectivity index (χ4v) is 4.08. The van der Waals surface area contributed by atoms with Crippen LogP contribution in [0.4, 0.5) is 5.82 Å². The summed E-state index contributed by atoms with van der Waals surface area (Å²) in [6.07, 6.45) is 5.44. The second kappa shape index (κ2) is 6.32. The second-order valence-corrected chi connectivity index (χ2v) is 8.07. The molecule has 0 radical (unpaired) electrons. The van der Waals surface area contributed by atoms with Gasteiger partial charge in [-0.1, -0.05) is 27.2 Å². The number of nitrogens with zero attached hydrogens (tertiary/aromatic N) is 1. The molecule has 0 aromatic carbocycles. The predicted octanol–water partition coefficient (Wildman–Crippen LogP) is 2.76. The maximum Gasteiger partial charge on any atom is 0.242 e. The Labute approximate surface area is 127 Å². The number of anilines is 1. The molecule has 0 saturated heterocycles. The first-order valence-electron chi connectivity index (χ1n) is 7.57. The van der Waals surface area contributed by atoms with Crippen LogP contribution in [0, 0.1) is 5.41 Å². The summed E-state index contributed by atoms with van der Waals surface area (Å²) in [7, 11) is -3.49. The van der Waals surface area contributed by atoms with E-state index in [0.717, 1.165) is 32.2 Å². The summed E-state index contributed by atoms with van der Waals surface area (Å²) in [6, 6.07) is 3.32. The summed E-state index contributed by atoms with van der Waals surface area (Å²) >= 11 is 0. The van der Waals surface area contributed by atoms with Crippen molar-refractivity contribution in [2.75, 3.05) is 11.9 Å². The van der Waals surface area contributed by atoms with Crippen molar-refractivity contribution in [2.45, 2.75) is 57.4 Å². The summed E-state index contributed by atoms with van der Waals surface area (Å²) in [6.45, 7) is 7.12. The molecule has 2 N–H and O–H groups in total. The van der Waals surface area contributed by atoms with Crippen LogP contribution in [0.3, 0.4) is 0 Å². The average molecular weight is 311 g/mol. The van der Waals surface area contributed by atoms with Crippen molar-refractivity contribution in [2.24, 2.45) is 5.41 Å². The quantitative estimate of drug-likeness (QED) is 0.847. The molecule has 118 valence electrons. The van der Waals surface area contributed by atoms with Crippen molar-refractivity contribution < 1.29 is 8.42 Å². The van der Waals surface area contributed by atoms with Crippen LogP contribution in [0.25, 0.3) is 0 Å². The van der Waals surface area contributed by atoms with Gasteiger partial charge in [0.25, 0.3) is 0 Å². The van der Waals surface area contributed by atoms with E-state index >= 15 is 0 Å². The highest BCUT2D eigenvalue weighted by Crippen LogP contribution is 2.37. The molecule has 1 atom stereocenters. The van der Waals surface area contributed by atoms with Gasteiger partial charge in [-0.2, -0.15) is 0 Å². The molecule has 1 unspecified atom stereocenters. The van der Waals surface area contributed by atoms with Gasteiger partial charge >= 0.3 is 0 Å². The maximum absolute atomic E-state index is 12.4. The van der Waals surface area contributed by atoms with Crippen molar-refractivity contribution in [3.63, 3.8) is 0 Å². The lowest BCUT2D eigenvalue weighted by Crippen LogP contribution is -2.41. The molecule has 1 saturated carbocycles.